The zero-order chi connectivity index (χ0) is 36.1. The van der Waals surface area contributed by atoms with E-state index in [1.54, 1.807) is 13.0 Å². The molecule has 0 radical (unpaired) electrons. The minimum absolute atomic E-state index is 0.0327. The number of nitrogens with zero attached hydrogens (tertiary/aromatic N) is 4. The number of piperidine rings is 1. The summed E-state index contributed by atoms with van der Waals surface area (Å²) < 4.78 is 78.9. The Morgan fingerprint density at radius 2 is 1.84 bits per heavy atom. The Morgan fingerprint density at radius 3 is 2.52 bits per heavy atom. The molecule has 2 aliphatic heterocycles. The van der Waals surface area contributed by atoms with Crippen LogP contribution in [-0.2, 0) is 31.8 Å². The molecule has 2 saturated heterocycles. The van der Waals surface area contributed by atoms with Gasteiger partial charge in [-0.1, -0.05) is 18.2 Å². The molecule has 272 valence electrons. The molecule has 12 nitrogen and oxygen atoms in total. The van der Waals surface area contributed by atoms with Crippen molar-refractivity contribution in [2.75, 3.05) is 43.1 Å². The number of carbonyl (C=O) groups is 2. The molecule has 3 aromatic rings. The number of fused-ring (bicyclic) bond motifs is 1. The predicted octanol–water partition coefficient (Wildman–Crippen LogP) is 5.26. The van der Waals surface area contributed by atoms with Crippen molar-refractivity contribution in [3.05, 3.63) is 63.5 Å². The number of rotatable bonds is 14. The van der Waals surface area contributed by atoms with Crippen molar-refractivity contribution in [3.63, 3.8) is 0 Å². The van der Waals surface area contributed by atoms with Crippen LogP contribution in [0.1, 0.15) is 80.5 Å². The van der Waals surface area contributed by atoms with E-state index < -0.39 is 45.2 Å². The van der Waals surface area contributed by atoms with Gasteiger partial charge in [0.25, 0.3) is 11.5 Å². The summed E-state index contributed by atoms with van der Waals surface area (Å²) in [4.78, 5) is 45.5. The minimum atomic E-state index is -3.54. The standard InChI is InChI=1S/C34H42F3N5O7S/c1-22(25-6-4-7-28(29(25)35)34(36,37)24-8-13-41(14-9-24)33(45)46)40-30-27-20-26(23-10-18-50(47,48)19-11-23)32(44)42(31(27)39-21-38-30)12-5-17-49-16-3-2-15-43/h4,6-7,15,20-24H,2-3,5,8-14,16-19H2,1H3,(H,45,46)(H,38,39,40). The van der Waals surface area contributed by atoms with E-state index in [-0.39, 0.29) is 79.7 Å². The maximum atomic E-state index is 16.0. The topological polar surface area (TPSA) is 161 Å². The first-order chi connectivity index (χ1) is 23.8. The maximum absolute atomic E-state index is 16.0. The molecule has 0 aliphatic carbocycles. The Bertz CT molecular complexity index is 1850. The number of anilines is 1. The number of aromatic nitrogens is 3. The molecule has 1 aromatic carbocycles. The number of hydrogen-bond donors (Lipinski definition) is 2. The maximum Gasteiger partial charge on any atom is 0.407 e. The summed E-state index contributed by atoms with van der Waals surface area (Å²) in [6.07, 6.45) is 2.65. The summed E-state index contributed by atoms with van der Waals surface area (Å²) in [6, 6.07) is 4.60. The second kappa shape index (κ2) is 15.9. The number of pyridine rings is 1. The summed E-state index contributed by atoms with van der Waals surface area (Å²) in [7, 11) is -3.20. The van der Waals surface area contributed by atoms with Crippen LogP contribution in [0.2, 0.25) is 0 Å². The summed E-state index contributed by atoms with van der Waals surface area (Å²) in [5, 5.41) is 12.8. The lowest BCUT2D eigenvalue weighted by atomic mass is 9.85. The number of halogens is 3. The second-order valence-corrected chi connectivity index (χ2v) is 15.3. The van der Waals surface area contributed by atoms with Crippen molar-refractivity contribution in [3.8, 4) is 0 Å². The van der Waals surface area contributed by atoms with Crippen molar-refractivity contribution < 1.29 is 41.0 Å². The summed E-state index contributed by atoms with van der Waals surface area (Å²) >= 11 is 0. The first-order valence-electron chi connectivity index (χ1n) is 16.9. The van der Waals surface area contributed by atoms with Crippen molar-refractivity contribution in [2.45, 2.75) is 76.3 Å². The zero-order valence-corrected chi connectivity index (χ0v) is 28.6. The van der Waals surface area contributed by atoms with Crippen molar-refractivity contribution in [1.29, 1.82) is 0 Å². The number of likely N-dealkylation sites (tertiary alicyclic amines) is 1. The highest BCUT2D eigenvalue weighted by atomic mass is 32.2. The average Bonchev–Trinajstić information content (AvgIpc) is 3.08. The summed E-state index contributed by atoms with van der Waals surface area (Å²) in [5.41, 5.74) is -0.403. The molecule has 2 aliphatic rings. The molecule has 2 fully saturated rings. The highest BCUT2D eigenvalue weighted by Gasteiger charge is 2.45. The van der Waals surface area contributed by atoms with E-state index >= 15 is 13.2 Å². The van der Waals surface area contributed by atoms with Gasteiger partial charge < -0.3 is 24.9 Å². The number of benzene rings is 1. The number of sulfone groups is 1. The molecule has 0 bridgehead atoms. The van der Waals surface area contributed by atoms with Crippen molar-refractivity contribution in [1.82, 2.24) is 19.4 Å². The summed E-state index contributed by atoms with van der Waals surface area (Å²) in [6.45, 7) is 2.43. The monoisotopic (exact) mass is 721 g/mol. The minimum Gasteiger partial charge on any atom is -0.465 e. The van der Waals surface area contributed by atoms with Crippen LogP contribution >= 0.6 is 0 Å². The largest absolute Gasteiger partial charge is 0.465 e. The molecule has 16 heteroatoms. The number of nitrogens with one attached hydrogen (secondary N) is 1. The van der Waals surface area contributed by atoms with Crippen LogP contribution in [0.3, 0.4) is 0 Å². The Kier molecular flexibility index (Phi) is 11.8. The number of aryl methyl sites for hydroxylation is 1. The number of carboxylic acid groups (broad SMARTS) is 1. The molecular formula is C34H42F3N5O7S. The molecule has 0 saturated carbocycles. The van der Waals surface area contributed by atoms with Gasteiger partial charge in [0.2, 0.25) is 0 Å². The third-order valence-corrected chi connectivity index (χ3v) is 11.4. The number of amides is 1. The smallest absolute Gasteiger partial charge is 0.407 e. The number of ether oxygens (including phenoxy) is 1. The van der Waals surface area contributed by atoms with E-state index in [2.05, 4.69) is 15.3 Å². The first kappa shape index (κ1) is 37.2. The van der Waals surface area contributed by atoms with Crippen molar-refractivity contribution in [2.24, 2.45) is 5.92 Å². The SMILES string of the molecule is CC(Nc1ncnc2c1cc(C1CCS(=O)(=O)CC1)c(=O)n2CCCOCCCC=O)c1cccc(C(F)(F)C2CCN(C(=O)O)CC2)c1F. The predicted molar refractivity (Wildman–Crippen MR) is 180 cm³/mol. The fraction of sp³-hybridized carbons (Fsp3) is 0.559. The number of aldehydes is 1. The third kappa shape index (κ3) is 8.28. The quantitative estimate of drug-likeness (QED) is 0.166. The molecule has 4 heterocycles. The molecule has 5 rings (SSSR count). The van der Waals surface area contributed by atoms with E-state index in [0.29, 0.717) is 49.1 Å². The Labute approximate surface area is 288 Å². The molecule has 50 heavy (non-hydrogen) atoms. The fourth-order valence-corrected chi connectivity index (χ4v) is 8.28. The van der Waals surface area contributed by atoms with Gasteiger partial charge in [-0.15, -0.1) is 0 Å². The number of carbonyl (C=O) groups excluding carboxylic acids is 1. The molecule has 1 amide bonds. The highest BCUT2D eigenvalue weighted by Crippen LogP contribution is 2.44. The Balaban J connectivity index is 1.44. The normalized spacial score (nSPS) is 17.9. The van der Waals surface area contributed by atoms with Crippen molar-refractivity contribution >= 4 is 39.1 Å². The molecule has 2 N–H and O–H groups in total. The van der Waals surface area contributed by atoms with Gasteiger partial charge in [-0.2, -0.15) is 0 Å². The number of hydrogen-bond acceptors (Lipinski definition) is 9. The lowest BCUT2D eigenvalue weighted by Crippen LogP contribution is -2.42. The molecule has 1 atom stereocenters. The Hall–Kier alpha value is -4.05. The van der Waals surface area contributed by atoms with Gasteiger partial charge in [0.05, 0.1) is 28.5 Å². The summed E-state index contributed by atoms with van der Waals surface area (Å²) in [5.74, 6) is -6.03. The van der Waals surface area contributed by atoms with Crippen LogP contribution in [0.4, 0.5) is 23.8 Å². The van der Waals surface area contributed by atoms with E-state index in [9.17, 15) is 27.9 Å². The van der Waals surface area contributed by atoms with Gasteiger partial charge in [0.1, 0.15) is 39.7 Å². The molecular weight excluding hydrogens is 679 g/mol. The van der Waals surface area contributed by atoms with Gasteiger partial charge in [-0.25, -0.2) is 36.4 Å². The van der Waals surface area contributed by atoms with Gasteiger partial charge in [0.15, 0.2) is 0 Å². The molecule has 2 aromatic heterocycles. The van der Waals surface area contributed by atoms with Crippen LogP contribution in [-0.4, -0.2) is 83.1 Å². The lowest BCUT2D eigenvalue weighted by Gasteiger charge is -2.35. The van der Waals surface area contributed by atoms with Crippen LogP contribution in [0.5, 0.6) is 0 Å². The Morgan fingerprint density at radius 1 is 1.14 bits per heavy atom. The molecule has 0 spiro atoms. The zero-order valence-electron chi connectivity index (χ0n) is 27.8. The second-order valence-electron chi connectivity index (χ2n) is 13.0. The highest BCUT2D eigenvalue weighted by molar-refractivity contribution is 7.91. The number of unbranched alkanes of at least 4 members (excludes halogenated alkanes) is 1. The third-order valence-electron chi connectivity index (χ3n) is 9.67. The number of alkyl halides is 2. The lowest BCUT2D eigenvalue weighted by molar-refractivity contribution is -0.108. The van der Waals surface area contributed by atoms with Crippen LogP contribution in [0.25, 0.3) is 11.0 Å². The van der Waals surface area contributed by atoms with Gasteiger partial charge in [0, 0.05) is 56.3 Å². The van der Waals surface area contributed by atoms with Crippen LogP contribution in [0, 0.1) is 11.7 Å². The van der Waals surface area contributed by atoms with Crippen LogP contribution in [0.15, 0.2) is 35.4 Å². The van der Waals surface area contributed by atoms with E-state index in [4.69, 9.17) is 4.74 Å². The fourth-order valence-electron chi connectivity index (χ4n) is 6.79. The van der Waals surface area contributed by atoms with E-state index in [1.165, 1.54) is 23.0 Å². The first-order valence-corrected chi connectivity index (χ1v) is 18.7. The molecule has 1 unspecified atom stereocenters. The van der Waals surface area contributed by atoms with E-state index in [1.807, 2.05) is 0 Å². The average molecular weight is 722 g/mol. The van der Waals surface area contributed by atoms with Gasteiger partial charge in [-0.05, 0) is 57.4 Å². The van der Waals surface area contributed by atoms with Gasteiger partial charge >= 0.3 is 6.09 Å². The van der Waals surface area contributed by atoms with E-state index in [0.717, 1.165) is 17.3 Å². The van der Waals surface area contributed by atoms with Crippen LogP contribution < -0.4 is 10.9 Å². The van der Waals surface area contributed by atoms with Gasteiger partial charge in [-0.3, -0.25) is 9.36 Å².